The van der Waals surface area contributed by atoms with Crippen LogP contribution in [0.15, 0.2) is 16.5 Å². The second kappa shape index (κ2) is 3.75. The van der Waals surface area contributed by atoms with E-state index in [1.54, 1.807) is 12.1 Å². The minimum atomic E-state index is -0.186. The standard InChI is InChI=1S/C10H14O3/c1-10(2,3)12-7-9-5-4-8(6-11)13-9/h4-6H,7H2,1-3H3. The maximum atomic E-state index is 10.3. The zero-order chi connectivity index (χ0) is 9.90. The molecule has 0 saturated carbocycles. The molecule has 1 heterocycles. The SMILES string of the molecule is CC(C)(C)OCc1ccc(C=O)o1. The largest absolute Gasteiger partial charge is 0.456 e. The van der Waals surface area contributed by atoms with Crippen molar-refractivity contribution in [2.24, 2.45) is 0 Å². The van der Waals surface area contributed by atoms with Crippen LogP contribution >= 0.6 is 0 Å². The van der Waals surface area contributed by atoms with Crippen LogP contribution in [0.1, 0.15) is 37.1 Å². The highest BCUT2D eigenvalue weighted by atomic mass is 16.5. The predicted octanol–water partition coefficient (Wildman–Crippen LogP) is 2.41. The monoisotopic (exact) mass is 182 g/mol. The molecular weight excluding hydrogens is 168 g/mol. The molecule has 0 spiro atoms. The highest BCUT2D eigenvalue weighted by molar-refractivity contribution is 5.70. The highest BCUT2D eigenvalue weighted by Crippen LogP contribution is 2.13. The number of carbonyl (C=O) groups excluding carboxylic acids is 1. The van der Waals surface area contributed by atoms with E-state index in [-0.39, 0.29) is 5.60 Å². The third kappa shape index (κ3) is 3.42. The molecule has 0 atom stereocenters. The van der Waals surface area contributed by atoms with E-state index in [1.165, 1.54) is 0 Å². The minimum Gasteiger partial charge on any atom is -0.456 e. The summed E-state index contributed by atoms with van der Waals surface area (Å²) in [6, 6.07) is 3.38. The number of hydrogen-bond acceptors (Lipinski definition) is 3. The fourth-order valence-electron chi connectivity index (χ4n) is 0.823. The average molecular weight is 182 g/mol. The van der Waals surface area contributed by atoms with E-state index in [4.69, 9.17) is 9.15 Å². The zero-order valence-corrected chi connectivity index (χ0v) is 8.16. The Kier molecular flexibility index (Phi) is 2.88. The Morgan fingerprint density at radius 3 is 2.62 bits per heavy atom. The lowest BCUT2D eigenvalue weighted by molar-refractivity contribution is -0.0225. The molecule has 13 heavy (non-hydrogen) atoms. The summed E-state index contributed by atoms with van der Waals surface area (Å²) in [6.07, 6.45) is 0.681. The molecule has 0 amide bonds. The van der Waals surface area contributed by atoms with Crippen LogP contribution in [0.2, 0.25) is 0 Å². The summed E-state index contributed by atoms with van der Waals surface area (Å²) < 4.78 is 10.6. The molecule has 0 fully saturated rings. The van der Waals surface area contributed by atoms with Crippen molar-refractivity contribution in [2.45, 2.75) is 33.0 Å². The smallest absolute Gasteiger partial charge is 0.185 e. The maximum absolute atomic E-state index is 10.3. The van der Waals surface area contributed by atoms with E-state index in [0.717, 1.165) is 0 Å². The summed E-state index contributed by atoms with van der Waals surface area (Å²) in [5.74, 6) is 1.02. The van der Waals surface area contributed by atoms with Gasteiger partial charge in [-0.05, 0) is 32.9 Å². The molecule has 0 unspecified atom stereocenters. The molecule has 72 valence electrons. The van der Waals surface area contributed by atoms with E-state index in [9.17, 15) is 4.79 Å². The van der Waals surface area contributed by atoms with Gasteiger partial charge in [-0.3, -0.25) is 4.79 Å². The summed E-state index contributed by atoms with van der Waals surface area (Å²) in [6.45, 7) is 6.31. The van der Waals surface area contributed by atoms with Crippen molar-refractivity contribution < 1.29 is 13.9 Å². The van der Waals surface area contributed by atoms with Gasteiger partial charge in [-0.2, -0.15) is 0 Å². The van der Waals surface area contributed by atoms with Crippen LogP contribution < -0.4 is 0 Å². The van der Waals surface area contributed by atoms with Crippen molar-refractivity contribution in [2.75, 3.05) is 0 Å². The van der Waals surface area contributed by atoms with Crippen LogP contribution in [0, 0.1) is 0 Å². The molecule has 0 radical (unpaired) electrons. The van der Waals surface area contributed by atoms with Crippen LogP contribution in [-0.2, 0) is 11.3 Å². The van der Waals surface area contributed by atoms with Crippen molar-refractivity contribution in [3.8, 4) is 0 Å². The summed E-state index contributed by atoms with van der Waals surface area (Å²) >= 11 is 0. The van der Waals surface area contributed by atoms with Crippen molar-refractivity contribution in [1.82, 2.24) is 0 Å². The molecule has 3 nitrogen and oxygen atoms in total. The van der Waals surface area contributed by atoms with Crippen molar-refractivity contribution >= 4 is 6.29 Å². The first-order valence-corrected chi connectivity index (χ1v) is 4.19. The van der Waals surface area contributed by atoms with Gasteiger partial charge in [0.05, 0.1) is 5.60 Å². The third-order valence-corrected chi connectivity index (χ3v) is 1.45. The number of hydrogen-bond donors (Lipinski definition) is 0. The van der Waals surface area contributed by atoms with Crippen LogP contribution in [0.25, 0.3) is 0 Å². The quantitative estimate of drug-likeness (QED) is 0.674. The van der Waals surface area contributed by atoms with Crippen molar-refractivity contribution in [1.29, 1.82) is 0 Å². The fourth-order valence-corrected chi connectivity index (χ4v) is 0.823. The van der Waals surface area contributed by atoms with Crippen molar-refractivity contribution in [3.05, 3.63) is 23.7 Å². The van der Waals surface area contributed by atoms with Crippen LogP contribution in [0.3, 0.4) is 0 Å². The van der Waals surface area contributed by atoms with E-state index >= 15 is 0 Å². The first-order chi connectivity index (χ1) is 6.01. The lowest BCUT2D eigenvalue weighted by atomic mass is 10.2. The molecule has 1 aromatic rings. The van der Waals surface area contributed by atoms with Gasteiger partial charge in [0.15, 0.2) is 12.0 Å². The molecule has 0 saturated heterocycles. The van der Waals surface area contributed by atoms with Gasteiger partial charge in [0.1, 0.15) is 12.4 Å². The molecule has 1 rings (SSSR count). The first kappa shape index (κ1) is 9.99. The second-order valence-electron chi connectivity index (χ2n) is 3.82. The molecule has 0 aliphatic carbocycles. The number of aldehydes is 1. The lowest BCUT2D eigenvalue weighted by Crippen LogP contribution is -2.18. The normalized spacial score (nSPS) is 11.6. The zero-order valence-electron chi connectivity index (χ0n) is 8.16. The van der Waals surface area contributed by atoms with Crippen LogP contribution in [0.5, 0.6) is 0 Å². The van der Waals surface area contributed by atoms with E-state index in [1.807, 2.05) is 20.8 Å². The van der Waals surface area contributed by atoms with Gasteiger partial charge in [0.2, 0.25) is 0 Å². The first-order valence-electron chi connectivity index (χ1n) is 4.19. The molecule has 1 aromatic heterocycles. The molecule has 3 heteroatoms. The Hall–Kier alpha value is -1.09. The van der Waals surface area contributed by atoms with E-state index in [0.29, 0.717) is 24.4 Å². The Morgan fingerprint density at radius 2 is 2.15 bits per heavy atom. The number of ether oxygens (including phenoxy) is 1. The Morgan fingerprint density at radius 1 is 1.46 bits per heavy atom. The van der Waals surface area contributed by atoms with E-state index < -0.39 is 0 Å². The molecular formula is C10H14O3. The third-order valence-electron chi connectivity index (χ3n) is 1.45. The van der Waals surface area contributed by atoms with Gasteiger partial charge >= 0.3 is 0 Å². The Labute approximate surface area is 77.7 Å². The highest BCUT2D eigenvalue weighted by Gasteiger charge is 2.11. The summed E-state index contributed by atoms with van der Waals surface area (Å²) in [7, 11) is 0. The maximum Gasteiger partial charge on any atom is 0.185 e. The number of furan rings is 1. The van der Waals surface area contributed by atoms with Gasteiger partial charge in [-0.1, -0.05) is 0 Å². The second-order valence-corrected chi connectivity index (χ2v) is 3.82. The topological polar surface area (TPSA) is 39.4 Å². The molecule has 0 aliphatic heterocycles. The summed E-state index contributed by atoms with van der Waals surface area (Å²) in [4.78, 5) is 10.3. The predicted molar refractivity (Wildman–Crippen MR) is 48.6 cm³/mol. The van der Waals surface area contributed by atoms with Crippen molar-refractivity contribution in [3.63, 3.8) is 0 Å². The van der Waals surface area contributed by atoms with Crippen LogP contribution in [0.4, 0.5) is 0 Å². The number of carbonyl (C=O) groups is 1. The lowest BCUT2D eigenvalue weighted by Gasteiger charge is -2.18. The molecule has 0 aliphatic rings. The van der Waals surface area contributed by atoms with E-state index in [2.05, 4.69) is 0 Å². The Balaban J connectivity index is 2.50. The number of rotatable bonds is 3. The summed E-state index contributed by atoms with van der Waals surface area (Å²) in [5.41, 5.74) is -0.186. The van der Waals surface area contributed by atoms with Gasteiger partial charge in [-0.25, -0.2) is 0 Å². The Bertz CT molecular complexity index is 281. The molecule has 0 N–H and O–H groups in total. The molecule has 0 aromatic carbocycles. The van der Waals surface area contributed by atoms with Gasteiger partial charge in [0.25, 0.3) is 0 Å². The average Bonchev–Trinajstić information content (AvgIpc) is 2.47. The minimum absolute atomic E-state index is 0.186. The molecule has 0 bridgehead atoms. The fraction of sp³-hybridized carbons (Fsp3) is 0.500. The van der Waals surface area contributed by atoms with Gasteiger partial charge < -0.3 is 9.15 Å². The van der Waals surface area contributed by atoms with Crippen LogP contribution in [-0.4, -0.2) is 11.9 Å². The summed E-state index contributed by atoms with van der Waals surface area (Å²) in [5, 5.41) is 0. The van der Waals surface area contributed by atoms with Gasteiger partial charge in [0, 0.05) is 0 Å². The van der Waals surface area contributed by atoms with Gasteiger partial charge in [-0.15, -0.1) is 0 Å².